The van der Waals surface area contributed by atoms with Gasteiger partial charge in [-0.3, -0.25) is 9.48 Å². The summed E-state index contributed by atoms with van der Waals surface area (Å²) in [4.78, 5) is 13.1. The summed E-state index contributed by atoms with van der Waals surface area (Å²) in [6, 6.07) is 11.7. The lowest BCUT2D eigenvalue weighted by atomic mass is 10.0. The molecule has 0 spiro atoms. The van der Waals surface area contributed by atoms with E-state index in [0.29, 0.717) is 28.9 Å². The molecule has 0 fully saturated rings. The molecular weight excluding hydrogens is 369 g/mol. The van der Waals surface area contributed by atoms with Gasteiger partial charge in [0.25, 0.3) is 5.91 Å². The number of aliphatic hydroxyl groups excluding tert-OH is 1. The van der Waals surface area contributed by atoms with E-state index in [1.165, 1.54) is 12.1 Å². The number of nitrogens with one attached hydrogen (secondary N) is 1. The van der Waals surface area contributed by atoms with Gasteiger partial charge in [-0.15, -0.1) is 0 Å². The molecule has 0 atom stereocenters. The van der Waals surface area contributed by atoms with Crippen molar-refractivity contribution in [3.63, 3.8) is 0 Å². The zero-order valence-corrected chi connectivity index (χ0v) is 17.2. The van der Waals surface area contributed by atoms with Crippen LogP contribution < -0.4 is 5.32 Å². The van der Waals surface area contributed by atoms with E-state index in [2.05, 4.69) is 10.4 Å². The summed E-state index contributed by atoms with van der Waals surface area (Å²) in [7, 11) is 0. The molecule has 3 rings (SSSR count). The summed E-state index contributed by atoms with van der Waals surface area (Å²) in [6.45, 7) is 8.00. The summed E-state index contributed by atoms with van der Waals surface area (Å²) in [6.07, 6.45) is 2.07. The van der Waals surface area contributed by atoms with Gasteiger partial charge in [0.1, 0.15) is 5.82 Å². The average Bonchev–Trinajstić information content (AvgIpc) is 3.11. The Morgan fingerprint density at radius 2 is 1.86 bits per heavy atom. The van der Waals surface area contributed by atoms with Gasteiger partial charge in [0.2, 0.25) is 0 Å². The number of rotatable bonds is 5. The van der Waals surface area contributed by atoms with E-state index in [0.717, 1.165) is 11.1 Å². The lowest BCUT2D eigenvalue weighted by Crippen LogP contribution is -2.24. The van der Waals surface area contributed by atoms with Gasteiger partial charge in [0, 0.05) is 17.9 Å². The Morgan fingerprint density at radius 1 is 1.17 bits per heavy atom. The van der Waals surface area contributed by atoms with Crippen LogP contribution in [0.4, 0.5) is 10.1 Å². The second-order valence-corrected chi connectivity index (χ2v) is 8.07. The monoisotopic (exact) mass is 395 g/mol. The van der Waals surface area contributed by atoms with Crippen molar-refractivity contribution in [2.24, 2.45) is 0 Å². The zero-order chi connectivity index (χ0) is 21.2. The number of aryl methyl sites for hydroxylation is 1. The van der Waals surface area contributed by atoms with Crippen molar-refractivity contribution in [3.8, 4) is 11.3 Å². The quantitative estimate of drug-likeness (QED) is 0.666. The first kappa shape index (κ1) is 20.7. The van der Waals surface area contributed by atoms with Crippen molar-refractivity contribution in [2.45, 2.75) is 39.7 Å². The van der Waals surface area contributed by atoms with Crippen LogP contribution in [0.15, 0.2) is 48.7 Å². The molecule has 1 heterocycles. The number of halogens is 1. The van der Waals surface area contributed by atoms with Gasteiger partial charge < -0.3 is 10.4 Å². The minimum atomic E-state index is -0.361. The molecule has 29 heavy (non-hydrogen) atoms. The Hall–Kier alpha value is -2.99. The van der Waals surface area contributed by atoms with E-state index in [4.69, 9.17) is 0 Å². The molecule has 0 bridgehead atoms. The number of carbonyl (C=O) groups is 1. The molecule has 3 aromatic rings. The van der Waals surface area contributed by atoms with Crippen LogP contribution in [0.3, 0.4) is 0 Å². The third-order valence-corrected chi connectivity index (χ3v) is 4.76. The van der Waals surface area contributed by atoms with Crippen LogP contribution in [-0.2, 0) is 12.0 Å². The molecule has 2 N–H and O–H groups in total. The summed E-state index contributed by atoms with van der Waals surface area (Å²) < 4.78 is 15.2. The number of carbonyl (C=O) groups excluding carboxylic acids is 1. The van der Waals surface area contributed by atoms with Gasteiger partial charge in [-0.1, -0.05) is 6.07 Å². The Kier molecular flexibility index (Phi) is 5.84. The van der Waals surface area contributed by atoms with Crippen LogP contribution in [0.2, 0.25) is 0 Å². The maximum Gasteiger partial charge on any atom is 0.259 e. The zero-order valence-electron chi connectivity index (χ0n) is 17.2. The highest BCUT2D eigenvalue weighted by molar-refractivity contribution is 6.08. The van der Waals surface area contributed by atoms with Crippen LogP contribution in [0.25, 0.3) is 11.3 Å². The molecular formula is C23H26FN3O2. The molecule has 1 aromatic heterocycles. The summed E-state index contributed by atoms with van der Waals surface area (Å²) in [5, 5.41) is 16.6. The molecule has 0 aliphatic rings. The van der Waals surface area contributed by atoms with Crippen molar-refractivity contribution >= 4 is 11.6 Å². The number of hydrogen-bond acceptors (Lipinski definition) is 3. The Balaban J connectivity index is 2.00. The minimum absolute atomic E-state index is 0.0469. The molecule has 2 aromatic carbocycles. The second kappa shape index (κ2) is 8.17. The summed E-state index contributed by atoms with van der Waals surface area (Å²) >= 11 is 0. The highest BCUT2D eigenvalue weighted by Crippen LogP contribution is 2.30. The number of aliphatic hydroxyl groups is 1. The maximum absolute atomic E-state index is 13.4. The normalized spacial score (nSPS) is 11.5. The van der Waals surface area contributed by atoms with E-state index in [1.54, 1.807) is 23.0 Å². The lowest BCUT2D eigenvalue weighted by Gasteiger charge is -2.23. The Labute approximate surface area is 170 Å². The molecule has 0 aliphatic heterocycles. The molecule has 0 radical (unpaired) electrons. The molecule has 6 heteroatoms. The molecule has 0 saturated heterocycles. The van der Waals surface area contributed by atoms with Crippen molar-refractivity contribution in [3.05, 3.63) is 71.2 Å². The molecule has 1 amide bonds. The number of aromatic nitrogens is 2. The van der Waals surface area contributed by atoms with Crippen molar-refractivity contribution < 1.29 is 14.3 Å². The number of hydrogen-bond donors (Lipinski definition) is 2. The van der Waals surface area contributed by atoms with E-state index >= 15 is 0 Å². The van der Waals surface area contributed by atoms with Gasteiger partial charge in [0.15, 0.2) is 0 Å². The molecule has 152 valence electrons. The fourth-order valence-electron chi connectivity index (χ4n) is 3.25. The fourth-order valence-corrected chi connectivity index (χ4v) is 3.25. The third kappa shape index (κ3) is 4.54. The SMILES string of the molecule is Cc1ccc(NC(=O)c2cnn(C(C)(C)C)c2-c2ccc(F)cc2)cc1CCO. The van der Waals surface area contributed by atoms with E-state index in [1.807, 2.05) is 45.9 Å². The smallest absolute Gasteiger partial charge is 0.259 e. The molecule has 0 aliphatic carbocycles. The highest BCUT2D eigenvalue weighted by Gasteiger charge is 2.25. The predicted molar refractivity (Wildman–Crippen MR) is 113 cm³/mol. The van der Waals surface area contributed by atoms with Gasteiger partial charge in [-0.05, 0) is 81.6 Å². The van der Waals surface area contributed by atoms with Crippen LogP contribution in [-0.4, -0.2) is 27.4 Å². The number of amides is 1. The molecule has 0 unspecified atom stereocenters. The van der Waals surface area contributed by atoms with E-state index < -0.39 is 0 Å². The van der Waals surface area contributed by atoms with Crippen LogP contribution >= 0.6 is 0 Å². The maximum atomic E-state index is 13.4. The number of benzene rings is 2. The minimum Gasteiger partial charge on any atom is -0.396 e. The second-order valence-electron chi connectivity index (χ2n) is 8.07. The Bertz CT molecular complexity index is 1020. The van der Waals surface area contributed by atoms with Crippen molar-refractivity contribution in [1.82, 2.24) is 9.78 Å². The largest absolute Gasteiger partial charge is 0.396 e. The Morgan fingerprint density at radius 3 is 2.48 bits per heavy atom. The average molecular weight is 395 g/mol. The molecule has 5 nitrogen and oxygen atoms in total. The summed E-state index contributed by atoms with van der Waals surface area (Å²) in [5.74, 6) is -0.628. The van der Waals surface area contributed by atoms with Gasteiger partial charge >= 0.3 is 0 Å². The first-order valence-corrected chi connectivity index (χ1v) is 9.57. The standard InChI is InChI=1S/C23H26FN3O2/c1-15-5-10-19(13-17(15)11-12-28)26-22(29)20-14-25-27(23(2,3)4)21(20)16-6-8-18(24)9-7-16/h5-10,13-14,28H,11-12H2,1-4H3,(H,26,29). The van der Waals surface area contributed by atoms with Gasteiger partial charge in [-0.25, -0.2) is 4.39 Å². The van der Waals surface area contributed by atoms with Gasteiger partial charge in [0.05, 0.1) is 23.0 Å². The van der Waals surface area contributed by atoms with Crippen LogP contribution in [0.5, 0.6) is 0 Å². The van der Waals surface area contributed by atoms with Crippen molar-refractivity contribution in [1.29, 1.82) is 0 Å². The van der Waals surface area contributed by atoms with E-state index in [9.17, 15) is 14.3 Å². The number of anilines is 1. The van der Waals surface area contributed by atoms with Gasteiger partial charge in [-0.2, -0.15) is 5.10 Å². The number of nitrogens with zero attached hydrogens (tertiary/aromatic N) is 2. The van der Waals surface area contributed by atoms with Crippen LogP contribution in [0.1, 0.15) is 42.3 Å². The topological polar surface area (TPSA) is 67.2 Å². The van der Waals surface area contributed by atoms with E-state index in [-0.39, 0.29) is 23.9 Å². The highest BCUT2D eigenvalue weighted by atomic mass is 19.1. The first-order valence-electron chi connectivity index (χ1n) is 9.57. The first-order chi connectivity index (χ1) is 13.7. The molecule has 0 saturated carbocycles. The predicted octanol–water partition coefficient (Wildman–Crippen LogP) is 4.54. The van der Waals surface area contributed by atoms with Crippen molar-refractivity contribution in [2.75, 3.05) is 11.9 Å². The fraction of sp³-hybridized carbons (Fsp3) is 0.304. The lowest BCUT2D eigenvalue weighted by molar-refractivity contribution is 0.102. The summed E-state index contributed by atoms with van der Waals surface area (Å²) in [5.41, 5.74) is 4.10. The van der Waals surface area contributed by atoms with Crippen LogP contribution in [0, 0.1) is 12.7 Å². The third-order valence-electron chi connectivity index (χ3n) is 4.76.